The topological polar surface area (TPSA) is 55.6 Å². The minimum atomic E-state index is 0.157. The molecule has 4 nitrogen and oxygen atoms in total. The zero-order valence-electron chi connectivity index (χ0n) is 15.5. The molecule has 0 radical (unpaired) electrons. The number of likely N-dealkylation sites (tertiary alicyclic amines) is 1. The van der Waals surface area contributed by atoms with Crippen molar-refractivity contribution in [3.8, 4) is 5.75 Å². The first-order valence-electron chi connectivity index (χ1n) is 9.46. The zero-order valence-corrected chi connectivity index (χ0v) is 15.5. The number of amides is 1. The van der Waals surface area contributed by atoms with Crippen molar-refractivity contribution in [3.63, 3.8) is 0 Å². The maximum absolute atomic E-state index is 13.0. The van der Waals surface area contributed by atoms with Gasteiger partial charge in [-0.2, -0.15) is 0 Å². The molecular weight excluding hydrogens is 324 g/mol. The van der Waals surface area contributed by atoms with E-state index in [-0.39, 0.29) is 11.9 Å². The number of carbonyl (C=O) groups excluding carboxylic acids is 1. The second-order valence-corrected chi connectivity index (χ2v) is 6.92. The molecule has 2 aromatic rings. The molecule has 0 saturated carbocycles. The number of ether oxygens (including phenoxy) is 1. The summed E-state index contributed by atoms with van der Waals surface area (Å²) < 4.78 is 5.26. The molecule has 0 aromatic heterocycles. The highest BCUT2D eigenvalue weighted by Gasteiger charge is 2.26. The van der Waals surface area contributed by atoms with E-state index < -0.39 is 0 Å². The Morgan fingerprint density at radius 1 is 1.12 bits per heavy atom. The molecular formula is C22H28N2O2. The average Bonchev–Trinajstić information content (AvgIpc) is 2.93. The summed E-state index contributed by atoms with van der Waals surface area (Å²) in [6, 6.07) is 16.1. The number of hydrogen-bond acceptors (Lipinski definition) is 3. The van der Waals surface area contributed by atoms with Gasteiger partial charge in [-0.05, 0) is 48.6 Å². The van der Waals surface area contributed by atoms with E-state index in [2.05, 4.69) is 17.0 Å². The van der Waals surface area contributed by atoms with Crippen LogP contribution in [-0.2, 0) is 11.2 Å². The zero-order chi connectivity index (χ0) is 18.4. The van der Waals surface area contributed by atoms with Gasteiger partial charge in [0.1, 0.15) is 5.75 Å². The Bertz CT molecular complexity index is 727. The summed E-state index contributed by atoms with van der Waals surface area (Å²) in [5, 5.41) is 0. The first-order valence-corrected chi connectivity index (χ1v) is 9.46. The summed E-state index contributed by atoms with van der Waals surface area (Å²) in [7, 11) is 1.67. The lowest BCUT2D eigenvalue weighted by molar-refractivity contribution is -0.133. The Kier molecular flexibility index (Phi) is 6.16. The summed E-state index contributed by atoms with van der Waals surface area (Å²) in [6.07, 6.45) is 5.63. The van der Waals surface area contributed by atoms with Crippen LogP contribution in [0.15, 0.2) is 48.5 Å². The van der Waals surface area contributed by atoms with E-state index in [0.29, 0.717) is 12.8 Å². The fraction of sp³-hybridized carbons (Fsp3) is 0.409. The summed E-state index contributed by atoms with van der Waals surface area (Å²) in [5.74, 6) is 1.07. The number of carbonyl (C=O) groups is 1. The van der Waals surface area contributed by atoms with E-state index in [9.17, 15) is 4.79 Å². The predicted molar refractivity (Wildman–Crippen MR) is 105 cm³/mol. The van der Waals surface area contributed by atoms with Crippen LogP contribution in [0.3, 0.4) is 0 Å². The number of nitrogens with two attached hydrogens (primary N) is 1. The van der Waals surface area contributed by atoms with Crippen LogP contribution in [0.2, 0.25) is 0 Å². The van der Waals surface area contributed by atoms with Crippen molar-refractivity contribution in [1.29, 1.82) is 0 Å². The number of benzene rings is 2. The van der Waals surface area contributed by atoms with Crippen LogP contribution in [0.1, 0.15) is 49.3 Å². The van der Waals surface area contributed by atoms with Crippen molar-refractivity contribution in [2.24, 2.45) is 0 Å². The van der Waals surface area contributed by atoms with E-state index in [0.717, 1.165) is 42.8 Å². The van der Waals surface area contributed by atoms with Gasteiger partial charge in [0.25, 0.3) is 0 Å². The number of nitrogen functional groups attached to an aromatic ring is 1. The highest BCUT2D eigenvalue weighted by molar-refractivity contribution is 5.77. The SMILES string of the molecule is COc1ccc(C2CCCCCN2C(=O)CCc2ccccc2N)cc1. The van der Waals surface area contributed by atoms with Crippen LogP contribution >= 0.6 is 0 Å². The van der Waals surface area contributed by atoms with Gasteiger partial charge >= 0.3 is 0 Å². The van der Waals surface area contributed by atoms with Gasteiger partial charge in [-0.15, -0.1) is 0 Å². The molecule has 1 fully saturated rings. The minimum absolute atomic E-state index is 0.157. The molecule has 1 saturated heterocycles. The molecule has 1 heterocycles. The molecule has 1 atom stereocenters. The van der Waals surface area contributed by atoms with Crippen LogP contribution < -0.4 is 10.5 Å². The summed E-state index contributed by atoms with van der Waals surface area (Å²) >= 11 is 0. The molecule has 138 valence electrons. The largest absolute Gasteiger partial charge is 0.497 e. The summed E-state index contributed by atoms with van der Waals surface area (Å²) in [6.45, 7) is 0.833. The molecule has 1 aliphatic heterocycles. The molecule has 26 heavy (non-hydrogen) atoms. The third kappa shape index (κ3) is 4.37. The van der Waals surface area contributed by atoms with Gasteiger partial charge in [-0.25, -0.2) is 0 Å². The van der Waals surface area contributed by atoms with Crippen LogP contribution in [0, 0.1) is 0 Å². The molecule has 4 heteroatoms. The molecule has 0 bridgehead atoms. The van der Waals surface area contributed by atoms with Gasteiger partial charge in [0.2, 0.25) is 5.91 Å². The van der Waals surface area contributed by atoms with E-state index in [4.69, 9.17) is 10.5 Å². The van der Waals surface area contributed by atoms with Gasteiger partial charge in [0.05, 0.1) is 13.2 Å². The first-order chi connectivity index (χ1) is 12.7. The molecule has 2 N–H and O–H groups in total. The molecule has 3 rings (SSSR count). The third-order valence-electron chi connectivity index (χ3n) is 5.24. The monoisotopic (exact) mass is 352 g/mol. The van der Waals surface area contributed by atoms with Crippen LogP contribution in [0.5, 0.6) is 5.75 Å². The Morgan fingerprint density at radius 2 is 1.88 bits per heavy atom. The lowest BCUT2D eigenvalue weighted by atomic mass is 9.99. The molecule has 2 aromatic carbocycles. The number of hydrogen-bond donors (Lipinski definition) is 1. The smallest absolute Gasteiger partial charge is 0.223 e. The Labute approximate surface area is 156 Å². The summed E-state index contributed by atoms with van der Waals surface area (Å²) in [5.41, 5.74) is 9.03. The number of nitrogens with zero attached hydrogens (tertiary/aromatic N) is 1. The Hall–Kier alpha value is -2.49. The Balaban J connectivity index is 1.73. The quantitative estimate of drug-likeness (QED) is 0.814. The number of methoxy groups -OCH3 is 1. The van der Waals surface area contributed by atoms with Crippen LogP contribution in [0.25, 0.3) is 0 Å². The maximum atomic E-state index is 13.0. The summed E-state index contributed by atoms with van der Waals surface area (Å²) in [4.78, 5) is 15.1. The van der Waals surface area contributed by atoms with Gasteiger partial charge < -0.3 is 15.4 Å². The van der Waals surface area contributed by atoms with Crippen molar-refractivity contribution in [2.75, 3.05) is 19.4 Å². The van der Waals surface area contributed by atoms with Crippen molar-refractivity contribution in [1.82, 2.24) is 4.90 Å². The standard InChI is InChI=1S/C22H28N2O2/c1-26-19-13-10-18(11-14-19)21-9-3-2-6-16-24(21)22(25)15-12-17-7-4-5-8-20(17)23/h4-5,7-8,10-11,13-14,21H,2-3,6,9,12,15-16,23H2,1H3. The molecule has 1 aliphatic rings. The fourth-order valence-electron chi connectivity index (χ4n) is 3.73. The van der Waals surface area contributed by atoms with E-state index in [1.807, 2.05) is 36.4 Å². The van der Waals surface area contributed by atoms with Gasteiger partial charge in [0, 0.05) is 18.7 Å². The third-order valence-corrected chi connectivity index (χ3v) is 5.24. The van der Waals surface area contributed by atoms with E-state index in [1.54, 1.807) is 7.11 Å². The lowest BCUT2D eigenvalue weighted by Crippen LogP contribution is -2.35. The van der Waals surface area contributed by atoms with Gasteiger partial charge in [-0.1, -0.05) is 43.2 Å². The number of anilines is 1. The van der Waals surface area contributed by atoms with Crippen LogP contribution in [-0.4, -0.2) is 24.5 Å². The van der Waals surface area contributed by atoms with E-state index in [1.165, 1.54) is 12.0 Å². The number of rotatable bonds is 5. The van der Waals surface area contributed by atoms with Crippen molar-refractivity contribution in [3.05, 3.63) is 59.7 Å². The van der Waals surface area contributed by atoms with Crippen LogP contribution in [0.4, 0.5) is 5.69 Å². The minimum Gasteiger partial charge on any atom is -0.497 e. The lowest BCUT2D eigenvalue weighted by Gasteiger charge is -2.31. The van der Waals surface area contributed by atoms with Crippen molar-refractivity contribution in [2.45, 2.75) is 44.6 Å². The van der Waals surface area contributed by atoms with Gasteiger partial charge in [-0.3, -0.25) is 4.79 Å². The maximum Gasteiger partial charge on any atom is 0.223 e. The average molecular weight is 352 g/mol. The van der Waals surface area contributed by atoms with E-state index >= 15 is 0 Å². The fourth-order valence-corrected chi connectivity index (χ4v) is 3.73. The van der Waals surface area contributed by atoms with Gasteiger partial charge in [0.15, 0.2) is 0 Å². The number of aryl methyl sites for hydroxylation is 1. The molecule has 1 amide bonds. The normalized spacial score (nSPS) is 17.6. The number of para-hydroxylation sites is 1. The molecule has 0 spiro atoms. The van der Waals surface area contributed by atoms with Crippen molar-refractivity contribution >= 4 is 11.6 Å². The highest BCUT2D eigenvalue weighted by Crippen LogP contribution is 2.32. The molecule has 0 aliphatic carbocycles. The Morgan fingerprint density at radius 3 is 2.62 bits per heavy atom. The highest BCUT2D eigenvalue weighted by atomic mass is 16.5. The predicted octanol–water partition coefficient (Wildman–Crippen LogP) is 4.35. The molecule has 1 unspecified atom stereocenters. The second-order valence-electron chi connectivity index (χ2n) is 6.92. The van der Waals surface area contributed by atoms with Crippen molar-refractivity contribution < 1.29 is 9.53 Å². The second kappa shape index (κ2) is 8.75. The first kappa shape index (κ1) is 18.3.